The summed E-state index contributed by atoms with van der Waals surface area (Å²) in [5.41, 5.74) is 1.33. The van der Waals surface area contributed by atoms with Crippen molar-refractivity contribution in [1.29, 1.82) is 0 Å². The van der Waals surface area contributed by atoms with E-state index in [1.807, 2.05) is 0 Å². The van der Waals surface area contributed by atoms with Crippen LogP contribution in [0.4, 0.5) is 0 Å². The number of nitrogens with one attached hydrogen (secondary N) is 1. The minimum absolute atomic E-state index is 0.0537. The van der Waals surface area contributed by atoms with Crippen molar-refractivity contribution in [3.8, 4) is 10.6 Å². The van der Waals surface area contributed by atoms with Gasteiger partial charge in [-0.1, -0.05) is 0 Å². The second kappa shape index (κ2) is 5.65. The summed E-state index contributed by atoms with van der Waals surface area (Å²) in [4.78, 5) is 31.5. The first-order valence-electron chi connectivity index (χ1n) is 6.64. The second-order valence-electron chi connectivity index (χ2n) is 4.82. The number of hydrogen-bond donors (Lipinski definition) is 1. The first-order valence-corrected chi connectivity index (χ1v) is 7.52. The number of carbonyl (C=O) groups excluding carboxylic acids is 2. The largest absolute Gasteiger partial charge is 0.339 e. The van der Waals surface area contributed by atoms with Crippen molar-refractivity contribution < 1.29 is 9.59 Å². The standard InChI is InChI=1S/C13H15N5O2S/c1-9(19)17-2-4-18(5-3-17)13(20)11-8-21-12(16-11)10-6-14-15-7-10/h6-8H,2-5H2,1H3,(H,14,15). The fourth-order valence-electron chi connectivity index (χ4n) is 2.26. The zero-order valence-corrected chi connectivity index (χ0v) is 12.4. The molecule has 1 saturated heterocycles. The van der Waals surface area contributed by atoms with Gasteiger partial charge in [0.2, 0.25) is 5.91 Å². The quantitative estimate of drug-likeness (QED) is 0.891. The highest BCUT2D eigenvalue weighted by Crippen LogP contribution is 2.23. The number of amides is 2. The Balaban J connectivity index is 1.68. The molecule has 21 heavy (non-hydrogen) atoms. The molecule has 8 heteroatoms. The summed E-state index contributed by atoms with van der Waals surface area (Å²) in [5.74, 6) is -0.0257. The van der Waals surface area contributed by atoms with Gasteiger partial charge in [0.1, 0.15) is 10.7 Å². The number of aromatic nitrogens is 3. The predicted molar refractivity (Wildman–Crippen MR) is 77.9 cm³/mol. The molecule has 2 aromatic rings. The Bertz CT molecular complexity index is 643. The average molecular weight is 305 g/mol. The van der Waals surface area contributed by atoms with Crippen molar-refractivity contribution in [3.05, 3.63) is 23.5 Å². The summed E-state index contributed by atoms with van der Waals surface area (Å²) in [7, 11) is 0. The molecule has 3 rings (SSSR count). The van der Waals surface area contributed by atoms with E-state index >= 15 is 0 Å². The van der Waals surface area contributed by atoms with Crippen molar-refractivity contribution in [2.24, 2.45) is 0 Å². The van der Waals surface area contributed by atoms with Crippen molar-refractivity contribution in [2.45, 2.75) is 6.92 Å². The van der Waals surface area contributed by atoms with Gasteiger partial charge in [-0.2, -0.15) is 5.10 Å². The summed E-state index contributed by atoms with van der Waals surface area (Å²) in [6.45, 7) is 3.82. The molecule has 0 aliphatic carbocycles. The number of nitrogens with zero attached hydrogens (tertiary/aromatic N) is 4. The van der Waals surface area contributed by atoms with Gasteiger partial charge < -0.3 is 9.80 Å². The SMILES string of the molecule is CC(=O)N1CCN(C(=O)c2csc(-c3cn[nH]c3)n2)CC1. The molecule has 0 bridgehead atoms. The van der Waals surface area contributed by atoms with Gasteiger partial charge in [0.25, 0.3) is 5.91 Å². The van der Waals surface area contributed by atoms with Crippen LogP contribution in [0.15, 0.2) is 17.8 Å². The lowest BCUT2D eigenvalue weighted by atomic mass is 10.3. The molecule has 1 N–H and O–H groups in total. The van der Waals surface area contributed by atoms with Gasteiger partial charge in [-0.3, -0.25) is 14.7 Å². The summed E-state index contributed by atoms with van der Waals surface area (Å²) in [6, 6.07) is 0. The maximum atomic E-state index is 12.4. The van der Waals surface area contributed by atoms with Crippen LogP contribution in [0.1, 0.15) is 17.4 Å². The lowest BCUT2D eigenvalue weighted by Crippen LogP contribution is -2.50. The minimum Gasteiger partial charge on any atom is -0.339 e. The number of carbonyl (C=O) groups is 2. The van der Waals surface area contributed by atoms with Crippen molar-refractivity contribution in [1.82, 2.24) is 25.0 Å². The molecule has 1 aliphatic heterocycles. The van der Waals surface area contributed by atoms with E-state index in [0.717, 1.165) is 10.6 Å². The highest BCUT2D eigenvalue weighted by atomic mass is 32.1. The normalized spacial score (nSPS) is 15.3. The number of thiazole rings is 1. The van der Waals surface area contributed by atoms with E-state index in [1.165, 1.54) is 11.3 Å². The maximum absolute atomic E-state index is 12.4. The molecule has 2 aromatic heterocycles. The highest BCUT2D eigenvalue weighted by Gasteiger charge is 2.24. The van der Waals surface area contributed by atoms with E-state index in [9.17, 15) is 9.59 Å². The molecule has 7 nitrogen and oxygen atoms in total. The smallest absolute Gasteiger partial charge is 0.273 e. The Labute approximate surface area is 125 Å². The van der Waals surface area contributed by atoms with Crippen molar-refractivity contribution in [2.75, 3.05) is 26.2 Å². The molecule has 0 aromatic carbocycles. The Kier molecular flexibility index (Phi) is 3.70. The van der Waals surface area contributed by atoms with Crippen molar-refractivity contribution in [3.63, 3.8) is 0 Å². The monoisotopic (exact) mass is 305 g/mol. The van der Waals surface area contributed by atoms with Gasteiger partial charge in [-0.15, -0.1) is 11.3 Å². The van der Waals surface area contributed by atoms with Crippen LogP contribution in [0, 0.1) is 0 Å². The van der Waals surface area contributed by atoms with Crippen LogP contribution >= 0.6 is 11.3 Å². The third kappa shape index (κ3) is 2.80. The van der Waals surface area contributed by atoms with Gasteiger partial charge in [0.15, 0.2) is 0 Å². The lowest BCUT2D eigenvalue weighted by Gasteiger charge is -2.33. The van der Waals surface area contributed by atoms with E-state index in [2.05, 4.69) is 15.2 Å². The third-order valence-electron chi connectivity index (χ3n) is 3.48. The Morgan fingerprint density at radius 1 is 1.24 bits per heavy atom. The molecule has 110 valence electrons. The highest BCUT2D eigenvalue weighted by molar-refractivity contribution is 7.13. The predicted octanol–water partition coefficient (Wildman–Crippen LogP) is 0.837. The maximum Gasteiger partial charge on any atom is 0.273 e. The fraction of sp³-hybridized carbons (Fsp3) is 0.385. The third-order valence-corrected chi connectivity index (χ3v) is 4.37. The van der Waals surface area contributed by atoms with E-state index < -0.39 is 0 Å². The molecule has 1 aliphatic rings. The van der Waals surface area contributed by atoms with Gasteiger partial charge in [-0.25, -0.2) is 4.98 Å². The summed E-state index contributed by atoms with van der Waals surface area (Å²) >= 11 is 1.42. The summed E-state index contributed by atoms with van der Waals surface area (Å²) in [6.07, 6.45) is 3.43. The molecule has 3 heterocycles. The van der Waals surface area contributed by atoms with E-state index in [4.69, 9.17) is 0 Å². The zero-order valence-electron chi connectivity index (χ0n) is 11.6. The van der Waals surface area contributed by atoms with Crippen LogP contribution < -0.4 is 0 Å². The molecule has 0 saturated carbocycles. The second-order valence-corrected chi connectivity index (χ2v) is 5.68. The van der Waals surface area contributed by atoms with Crippen LogP contribution in [0.25, 0.3) is 10.6 Å². The number of hydrogen-bond acceptors (Lipinski definition) is 5. The topological polar surface area (TPSA) is 82.2 Å². The molecule has 0 radical (unpaired) electrons. The Morgan fingerprint density at radius 2 is 1.95 bits per heavy atom. The minimum atomic E-state index is -0.0794. The molecule has 0 atom stereocenters. The summed E-state index contributed by atoms with van der Waals surface area (Å²) in [5, 5.41) is 9.14. The van der Waals surface area contributed by atoms with Gasteiger partial charge in [-0.05, 0) is 0 Å². The molecule has 1 fully saturated rings. The Hall–Kier alpha value is -2.22. The van der Waals surface area contributed by atoms with Crippen LogP contribution in [-0.2, 0) is 4.79 Å². The van der Waals surface area contributed by atoms with Crippen molar-refractivity contribution >= 4 is 23.2 Å². The fourth-order valence-corrected chi connectivity index (χ4v) is 3.03. The average Bonchev–Trinajstić information content (AvgIpc) is 3.17. The summed E-state index contributed by atoms with van der Waals surface area (Å²) < 4.78 is 0. The number of aromatic amines is 1. The molecule has 0 spiro atoms. The molecule has 2 amide bonds. The van der Waals surface area contributed by atoms with Gasteiger partial charge in [0, 0.05) is 50.2 Å². The molecular formula is C13H15N5O2S. The molecule has 0 unspecified atom stereocenters. The first kappa shape index (κ1) is 13.7. The Morgan fingerprint density at radius 3 is 2.57 bits per heavy atom. The van der Waals surface area contributed by atoms with Crippen LogP contribution in [0.2, 0.25) is 0 Å². The van der Waals surface area contributed by atoms with Crippen LogP contribution in [0.3, 0.4) is 0 Å². The van der Waals surface area contributed by atoms with Gasteiger partial charge in [0.05, 0.1) is 6.20 Å². The molecular weight excluding hydrogens is 290 g/mol. The lowest BCUT2D eigenvalue weighted by molar-refractivity contribution is -0.130. The number of piperazine rings is 1. The zero-order chi connectivity index (χ0) is 14.8. The van der Waals surface area contributed by atoms with Gasteiger partial charge >= 0.3 is 0 Å². The van der Waals surface area contributed by atoms with E-state index in [0.29, 0.717) is 31.9 Å². The van der Waals surface area contributed by atoms with Crippen LogP contribution in [-0.4, -0.2) is 63.0 Å². The number of rotatable bonds is 2. The first-order chi connectivity index (χ1) is 10.1. The van der Waals surface area contributed by atoms with E-state index in [1.54, 1.807) is 34.5 Å². The van der Waals surface area contributed by atoms with Crippen LogP contribution in [0.5, 0.6) is 0 Å². The van der Waals surface area contributed by atoms with E-state index in [-0.39, 0.29) is 11.8 Å². The number of H-pyrrole nitrogens is 1.